The van der Waals surface area contributed by atoms with Gasteiger partial charge < -0.3 is 19.1 Å². The van der Waals surface area contributed by atoms with Crippen LogP contribution < -0.4 is 4.90 Å². The van der Waals surface area contributed by atoms with E-state index in [1.807, 2.05) is 30.3 Å². The molecule has 0 saturated carbocycles. The topological polar surface area (TPSA) is 51.3 Å². The quantitative estimate of drug-likeness (QED) is 0.583. The fourth-order valence-corrected chi connectivity index (χ4v) is 2.04. The molecule has 0 aliphatic carbocycles. The normalized spacial score (nSPS) is 25.4. The van der Waals surface area contributed by atoms with E-state index in [0.29, 0.717) is 19.3 Å². The number of benzene rings is 1. The molecule has 2 aliphatic heterocycles. The highest BCUT2D eigenvalue weighted by atomic mass is 16.8. The zero-order valence-electron chi connectivity index (χ0n) is 9.95. The monoisotopic (exact) mass is 249 g/mol. The molecular formula is C13H15NO4. The molecule has 2 fully saturated rings. The van der Waals surface area contributed by atoms with Crippen molar-refractivity contribution in [3.05, 3.63) is 30.3 Å². The van der Waals surface area contributed by atoms with Gasteiger partial charge in [0.2, 0.25) is 0 Å². The Morgan fingerprint density at radius 2 is 1.83 bits per heavy atom. The van der Waals surface area contributed by atoms with Crippen LogP contribution in [-0.4, -0.2) is 44.7 Å². The Bertz CT molecular complexity index is 418. The predicted molar refractivity (Wildman–Crippen MR) is 64.6 cm³/mol. The first-order valence-electron chi connectivity index (χ1n) is 6.06. The Kier molecular flexibility index (Phi) is 3.06. The molecule has 2 unspecified atom stereocenters. The lowest BCUT2D eigenvalue weighted by molar-refractivity contribution is 0.119. The van der Waals surface area contributed by atoms with E-state index in [4.69, 9.17) is 14.2 Å². The van der Waals surface area contributed by atoms with Crippen LogP contribution in [0.5, 0.6) is 0 Å². The lowest BCUT2D eigenvalue weighted by Crippen LogP contribution is -2.36. The molecule has 96 valence electrons. The van der Waals surface area contributed by atoms with Crippen LogP contribution in [0.3, 0.4) is 0 Å². The highest BCUT2D eigenvalue weighted by molar-refractivity contribution is 5.62. The minimum atomic E-state index is -0.573. The van der Waals surface area contributed by atoms with E-state index < -0.39 is 6.16 Å². The van der Waals surface area contributed by atoms with Gasteiger partial charge in [-0.25, -0.2) is 4.79 Å². The van der Waals surface area contributed by atoms with E-state index in [2.05, 4.69) is 4.90 Å². The van der Waals surface area contributed by atoms with E-state index in [1.165, 1.54) is 0 Å². The molecule has 0 spiro atoms. The van der Waals surface area contributed by atoms with Crippen LogP contribution in [0.25, 0.3) is 0 Å². The zero-order chi connectivity index (χ0) is 12.4. The van der Waals surface area contributed by atoms with Crippen LogP contribution in [0.2, 0.25) is 0 Å². The number of anilines is 1. The number of nitrogens with zero attached hydrogens (tertiary/aromatic N) is 1. The van der Waals surface area contributed by atoms with E-state index in [9.17, 15) is 4.79 Å². The van der Waals surface area contributed by atoms with Gasteiger partial charge in [0.15, 0.2) is 6.10 Å². The molecular weight excluding hydrogens is 234 g/mol. The summed E-state index contributed by atoms with van der Waals surface area (Å²) in [6, 6.07) is 10.1. The fraction of sp³-hybridized carbons (Fsp3) is 0.462. The van der Waals surface area contributed by atoms with Gasteiger partial charge in [0, 0.05) is 12.2 Å². The van der Waals surface area contributed by atoms with Crippen molar-refractivity contribution in [2.45, 2.75) is 12.2 Å². The largest absolute Gasteiger partial charge is 0.508 e. The maximum atomic E-state index is 10.9. The van der Waals surface area contributed by atoms with Crippen LogP contribution in [0.1, 0.15) is 0 Å². The zero-order valence-corrected chi connectivity index (χ0v) is 9.95. The van der Waals surface area contributed by atoms with Gasteiger partial charge in [-0.15, -0.1) is 0 Å². The molecule has 2 heterocycles. The number of cyclic esters (lactones) is 2. The van der Waals surface area contributed by atoms with E-state index in [-0.39, 0.29) is 6.10 Å². The summed E-state index contributed by atoms with van der Waals surface area (Å²) in [5.74, 6) is 0. The number of rotatable bonds is 5. The molecule has 18 heavy (non-hydrogen) atoms. The summed E-state index contributed by atoms with van der Waals surface area (Å²) in [4.78, 5) is 13.1. The molecule has 2 atom stereocenters. The van der Waals surface area contributed by atoms with Crippen molar-refractivity contribution in [1.29, 1.82) is 0 Å². The summed E-state index contributed by atoms with van der Waals surface area (Å²) in [6.07, 6.45) is -0.477. The second-order valence-electron chi connectivity index (χ2n) is 4.50. The average Bonchev–Trinajstić information content (AvgIpc) is 3.12. The summed E-state index contributed by atoms with van der Waals surface area (Å²) in [6.45, 7) is 2.59. The van der Waals surface area contributed by atoms with Crippen LogP contribution in [-0.2, 0) is 14.2 Å². The molecule has 5 heteroatoms. The molecule has 2 saturated heterocycles. The molecule has 0 N–H and O–H groups in total. The van der Waals surface area contributed by atoms with Gasteiger partial charge in [-0.05, 0) is 12.1 Å². The summed E-state index contributed by atoms with van der Waals surface area (Å²) < 4.78 is 15.1. The molecule has 1 aromatic carbocycles. The number of ether oxygens (including phenoxy) is 3. The summed E-state index contributed by atoms with van der Waals surface area (Å²) in [5, 5.41) is 0. The lowest BCUT2D eigenvalue weighted by Gasteiger charge is -2.25. The van der Waals surface area contributed by atoms with Crippen LogP contribution >= 0.6 is 0 Å². The number of carbonyl (C=O) groups excluding carboxylic acids is 1. The Morgan fingerprint density at radius 3 is 2.44 bits per heavy atom. The minimum Gasteiger partial charge on any atom is -0.430 e. The maximum absolute atomic E-state index is 10.9. The summed E-state index contributed by atoms with van der Waals surface area (Å²) in [5.41, 5.74) is 1.11. The number of para-hydroxylation sites is 1. The van der Waals surface area contributed by atoms with Crippen LogP contribution in [0.15, 0.2) is 30.3 Å². The standard InChI is InChI=1S/C13H15NO4/c15-13-17-9-12(18-13)7-14(6-11-8-16-11)10-4-2-1-3-5-10/h1-5,11-12H,6-9H2. The molecule has 1 aromatic rings. The minimum absolute atomic E-state index is 0.198. The van der Waals surface area contributed by atoms with Gasteiger partial charge in [-0.3, -0.25) is 0 Å². The first-order chi connectivity index (χ1) is 8.81. The van der Waals surface area contributed by atoms with E-state index in [0.717, 1.165) is 18.8 Å². The van der Waals surface area contributed by atoms with Gasteiger partial charge in [-0.1, -0.05) is 18.2 Å². The SMILES string of the molecule is O=C1OCC(CN(CC2CO2)c2ccccc2)O1. The second-order valence-corrected chi connectivity index (χ2v) is 4.50. The molecule has 5 nitrogen and oxygen atoms in total. The third-order valence-electron chi connectivity index (χ3n) is 3.02. The van der Waals surface area contributed by atoms with Gasteiger partial charge >= 0.3 is 6.16 Å². The first-order valence-corrected chi connectivity index (χ1v) is 6.06. The third kappa shape index (κ3) is 2.73. The van der Waals surface area contributed by atoms with Gasteiger partial charge in [0.05, 0.1) is 19.3 Å². The van der Waals surface area contributed by atoms with Crippen LogP contribution in [0, 0.1) is 0 Å². The highest BCUT2D eigenvalue weighted by Crippen LogP contribution is 2.20. The van der Waals surface area contributed by atoms with Gasteiger partial charge in [0.1, 0.15) is 6.61 Å². The van der Waals surface area contributed by atoms with Crippen molar-refractivity contribution in [3.63, 3.8) is 0 Å². The van der Waals surface area contributed by atoms with Crippen molar-refractivity contribution in [2.75, 3.05) is 31.2 Å². The average molecular weight is 249 g/mol. The van der Waals surface area contributed by atoms with Gasteiger partial charge in [-0.2, -0.15) is 0 Å². The molecule has 2 aliphatic rings. The number of hydrogen-bond acceptors (Lipinski definition) is 5. The van der Waals surface area contributed by atoms with Crippen LogP contribution in [0.4, 0.5) is 10.5 Å². The smallest absolute Gasteiger partial charge is 0.430 e. The predicted octanol–water partition coefficient (Wildman–Crippen LogP) is 1.43. The second kappa shape index (κ2) is 4.86. The lowest BCUT2D eigenvalue weighted by atomic mass is 10.2. The van der Waals surface area contributed by atoms with E-state index >= 15 is 0 Å². The Hall–Kier alpha value is -1.75. The Labute approximate surface area is 105 Å². The first kappa shape index (κ1) is 11.3. The van der Waals surface area contributed by atoms with E-state index in [1.54, 1.807) is 0 Å². The van der Waals surface area contributed by atoms with Crippen molar-refractivity contribution in [2.24, 2.45) is 0 Å². The number of carbonyl (C=O) groups is 1. The molecule has 3 rings (SSSR count). The third-order valence-corrected chi connectivity index (χ3v) is 3.02. The number of hydrogen-bond donors (Lipinski definition) is 0. The fourth-order valence-electron chi connectivity index (χ4n) is 2.04. The molecule has 0 radical (unpaired) electrons. The molecule has 0 bridgehead atoms. The van der Waals surface area contributed by atoms with Crippen molar-refractivity contribution >= 4 is 11.8 Å². The summed E-state index contributed by atoms with van der Waals surface area (Å²) >= 11 is 0. The van der Waals surface area contributed by atoms with Gasteiger partial charge in [0.25, 0.3) is 0 Å². The molecule has 0 aromatic heterocycles. The van der Waals surface area contributed by atoms with Crippen molar-refractivity contribution < 1.29 is 19.0 Å². The van der Waals surface area contributed by atoms with Crippen molar-refractivity contribution in [1.82, 2.24) is 0 Å². The Morgan fingerprint density at radius 1 is 1.11 bits per heavy atom. The summed E-state index contributed by atoms with van der Waals surface area (Å²) in [7, 11) is 0. The highest BCUT2D eigenvalue weighted by Gasteiger charge is 2.31. The number of epoxide rings is 1. The Balaban J connectivity index is 1.67. The van der Waals surface area contributed by atoms with Crippen molar-refractivity contribution in [3.8, 4) is 0 Å². The maximum Gasteiger partial charge on any atom is 0.508 e. The molecule has 0 amide bonds.